The Balaban J connectivity index is 1.71. The van der Waals surface area contributed by atoms with Crippen LogP contribution in [0.4, 0.5) is 5.69 Å². The monoisotopic (exact) mass is 340 g/mol. The van der Waals surface area contributed by atoms with Gasteiger partial charge in [-0.25, -0.2) is 4.79 Å². The summed E-state index contributed by atoms with van der Waals surface area (Å²) in [6.45, 7) is 5.65. The number of hydrogen-bond donors (Lipinski definition) is 1. The highest BCUT2D eigenvalue weighted by Crippen LogP contribution is 2.21. The molecule has 0 fully saturated rings. The Kier molecular flexibility index (Phi) is 4.61. The number of para-hydroxylation sites is 1. The lowest BCUT2D eigenvalue weighted by Gasteiger charge is -2.09. The zero-order valence-corrected chi connectivity index (χ0v) is 14.4. The molecule has 3 rings (SSSR count). The first-order chi connectivity index (χ1) is 12.0. The molecule has 0 bridgehead atoms. The highest BCUT2D eigenvalue weighted by molar-refractivity contribution is 5.93. The van der Waals surface area contributed by atoms with E-state index >= 15 is 0 Å². The minimum atomic E-state index is -0.406. The van der Waals surface area contributed by atoms with Crippen molar-refractivity contribution in [2.45, 2.75) is 26.8 Å². The number of anilines is 1. The Morgan fingerprint density at radius 1 is 1.24 bits per heavy atom. The summed E-state index contributed by atoms with van der Waals surface area (Å²) in [4.78, 5) is 24.0. The minimum absolute atomic E-state index is 0.00305. The van der Waals surface area contributed by atoms with Gasteiger partial charge in [-0.3, -0.25) is 9.36 Å². The van der Waals surface area contributed by atoms with Gasteiger partial charge < -0.3 is 14.5 Å². The van der Waals surface area contributed by atoms with E-state index in [0.29, 0.717) is 22.5 Å². The van der Waals surface area contributed by atoms with E-state index in [2.05, 4.69) is 5.32 Å². The van der Waals surface area contributed by atoms with Crippen molar-refractivity contribution in [1.82, 2.24) is 4.57 Å². The Morgan fingerprint density at radius 2 is 2.00 bits per heavy atom. The summed E-state index contributed by atoms with van der Waals surface area (Å²) in [5.41, 5.74) is 2.66. The number of aryl methyl sites for hydroxylation is 1. The summed E-state index contributed by atoms with van der Waals surface area (Å²) in [5.74, 6) is -0.0160. The number of aromatic nitrogens is 1. The maximum absolute atomic E-state index is 12.1. The smallest absolute Gasteiger partial charge is 0.420 e. The predicted octanol–water partition coefficient (Wildman–Crippen LogP) is 3.50. The second-order valence-corrected chi connectivity index (χ2v) is 6.12. The summed E-state index contributed by atoms with van der Waals surface area (Å²) in [7, 11) is 0. The number of carbonyl (C=O) groups excluding carboxylic acids is 1. The van der Waals surface area contributed by atoms with E-state index in [0.717, 1.165) is 5.56 Å². The summed E-state index contributed by atoms with van der Waals surface area (Å²) in [6, 6.07) is 12.6. The molecule has 25 heavy (non-hydrogen) atoms. The summed E-state index contributed by atoms with van der Waals surface area (Å²) >= 11 is 0. The normalized spacial score (nSPS) is 11.0. The van der Waals surface area contributed by atoms with Gasteiger partial charge in [0.05, 0.1) is 5.52 Å². The number of carbonyl (C=O) groups is 1. The fourth-order valence-corrected chi connectivity index (χ4v) is 2.66. The van der Waals surface area contributed by atoms with Crippen molar-refractivity contribution in [1.29, 1.82) is 0 Å². The molecule has 0 saturated heterocycles. The van der Waals surface area contributed by atoms with Gasteiger partial charge in [0.1, 0.15) is 5.75 Å². The number of benzene rings is 2. The van der Waals surface area contributed by atoms with Gasteiger partial charge in [0, 0.05) is 17.8 Å². The summed E-state index contributed by atoms with van der Waals surface area (Å²) in [6.07, 6.45) is 0. The molecular weight excluding hydrogens is 320 g/mol. The van der Waals surface area contributed by atoms with Gasteiger partial charge >= 0.3 is 5.76 Å². The average molecular weight is 340 g/mol. The molecule has 0 aliphatic carbocycles. The Morgan fingerprint density at radius 3 is 2.72 bits per heavy atom. The van der Waals surface area contributed by atoms with E-state index in [-0.39, 0.29) is 18.6 Å². The molecule has 2 aromatic carbocycles. The fourth-order valence-electron chi connectivity index (χ4n) is 2.66. The van der Waals surface area contributed by atoms with Crippen LogP contribution in [-0.4, -0.2) is 17.1 Å². The molecule has 6 nitrogen and oxygen atoms in total. The molecule has 1 aromatic heterocycles. The molecule has 0 atom stereocenters. The highest BCUT2D eigenvalue weighted by atomic mass is 16.5. The number of hydrogen-bond acceptors (Lipinski definition) is 4. The first-order valence-electron chi connectivity index (χ1n) is 8.09. The van der Waals surface area contributed by atoms with Crippen molar-refractivity contribution in [2.24, 2.45) is 0 Å². The van der Waals surface area contributed by atoms with Gasteiger partial charge in [-0.2, -0.15) is 0 Å². The lowest BCUT2D eigenvalue weighted by Crippen LogP contribution is -2.20. The van der Waals surface area contributed by atoms with Crippen LogP contribution in [0.5, 0.6) is 5.75 Å². The molecule has 1 heterocycles. The predicted molar refractivity (Wildman–Crippen MR) is 96.2 cm³/mol. The van der Waals surface area contributed by atoms with Crippen molar-refractivity contribution in [3.8, 4) is 5.75 Å². The molecule has 0 unspecified atom stereocenters. The number of fused-ring (bicyclic) bond motifs is 1. The van der Waals surface area contributed by atoms with Gasteiger partial charge in [-0.1, -0.05) is 18.2 Å². The molecular formula is C19H20N2O4. The van der Waals surface area contributed by atoms with Crippen LogP contribution in [0, 0.1) is 6.92 Å². The maximum atomic E-state index is 12.1. The topological polar surface area (TPSA) is 73.5 Å². The third kappa shape index (κ3) is 3.57. The van der Waals surface area contributed by atoms with Crippen LogP contribution in [0.3, 0.4) is 0 Å². The zero-order chi connectivity index (χ0) is 18.0. The quantitative estimate of drug-likeness (QED) is 0.771. The third-order valence-electron chi connectivity index (χ3n) is 3.87. The van der Waals surface area contributed by atoms with Crippen LogP contribution in [0.2, 0.25) is 0 Å². The van der Waals surface area contributed by atoms with Crippen molar-refractivity contribution < 1.29 is 13.9 Å². The highest BCUT2D eigenvalue weighted by Gasteiger charge is 2.13. The van der Waals surface area contributed by atoms with E-state index < -0.39 is 5.76 Å². The summed E-state index contributed by atoms with van der Waals surface area (Å²) < 4.78 is 12.3. The van der Waals surface area contributed by atoms with Gasteiger partial charge in [0.2, 0.25) is 0 Å². The molecule has 130 valence electrons. The van der Waals surface area contributed by atoms with Crippen LogP contribution in [0.15, 0.2) is 51.7 Å². The standard InChI is InChI=1S/C19H20N2O4/c1-12(2)21-15-9-8-14(10-17(15)25-19(21)23)20-18(22)11-24-16-7-5-4-6-13(16)3/h4-10,12H,11H2,1-3H3,(H,20,22). The first-order valence-corrected chi connectivity index (χ1v) is 8.09. The third-order valence-corrected chi connectivity index (χ3v) is 3.87. The Bertz CT molecular complexity index is 969. The minimum Gasteiger partial charge on any atom is -0.483 e. The molecule has 6 heteroatoms. The van der Waals surface area contributed by atoms with Crippen LogP contribution in [-0.2, 0) is 4.79 Å². The van der Waals surface area contributed by atoms with E-state index in [4.69, 9.17) is 9.15 Å². The molecule has 1 N–H and O–H groups in total. The number of nitrogens with one attached hydrogen (secondary N) is 1. The van der Waals surface area contributed by atoms with Crippen LogP contribution < -0.4 is 15.8 Å². The maximum Gasteiger partial charge on any atom is 0.420 e. The SMILES string of the molecule is Cc1ccccc1OCC(=O)Nc1ccc2c(c1)oc(=O)n2C(C)C. The average Bonchev–Trinajstić information content (AvgIpc) is 2.89. The molecule has 1 amide bonds. The second kappa shape index (κ2) is 6.84. The van der Waals surface area contributed by atoms with E-state index in [1.165, 1.54) is 0 Å². The van der Waals surface area contributed by atoms with Crippen molar-refractivity contribution in [3.05, 3.63) is 58.6 Å². The number of rotatable bonds is 5. The zero-order valence-electron chi connectivity index (χ0n) is 14.4. The number of amides is 1. The van der Waals surface area contributed by atoms with E-state index in [9.17, 15) is 9.59 Å². The lowest BCUT2D eigenvalue weighted by molar-refractivity contribution is -0.118. The van der Waals surface area contributed by atoms with Crippen molar-refractivity contribution >= 4 is 22.7 Å². The van der Waals surface area contributed by atoms with Gasteiger partial charge in [-0.05, 0) is 44.5 Å². The van der Waals surface area contributed by atoms with Crippen LogP contribution in [0.25, 0.3) is 11.1 Å². The Labute approximate surface area is 145 Å². The second-order valence-electron chi connectivity index (χ2n) is 6.12. The van der Waals surface area contributed by atoms with Gasteiger partial charge in [-0.15, -0.1) is 0 Å². The van der Waals surface area contributed by atoms with E-state index in [1.807, 2.05) is 45.0 Å². The first kappa shape index (κ1) is 16.8. The van der Waals surface area contributed by atoms with Crippen LogP contribution in [0.1, 0.15) is 25.5 Å². The fraction of sp³-hybridized carbons (Fsp3) is 0.263. The van der Waals surface area contributed by atoms with Crippen LogP contribution >= 0.6 is 0 Å². The Hall–Kier alpha value is -3.02. The molecule has 3 aromatic rings. The van der Waals surface area contributed by atoms with Gasteiger partial charge in [0.15, 0.2) is 12.2 Å². The molecule has 0 aliphatic rings. The number of oxazole rings is 1. The molecule has 0 radical (unpaired) electrons. The van der Waals surface area contributed by atoms with Gasteiger partial charge in [0.25, 0.3) is 5.91 Å². The molecule has 0 spiro atoms. The summed E-state index contributed by atoms with van der Waals surface area (Å²) in [5, 5.41) is 2.75. The largest absolute Gasteiger partial charge is 0.483 e. The lowest BCUT2D eigenvalue weighted by atomic mass is 10.2. The molecule has 0 aliphatic heterocycles. The number of ether oxygens (including phenoxy) is 1. The van der Waals surface area contributed by atoms with Crippen molar-refractivity contribution in [3.63, 3.8) is 0 Å². The number of nitrogens with zero attached hydrogens (tertiary/aromatic N) is 1. The molecule has 0 saturated carbocycles. The van der Waals surface area contributed by atoms with Crippen molar-refractivity contribution in [2.75, 3.05) is 11.9 Å². The van der Waals surface area contributed by atoms with E-state index in [1.54, 1.807) is 22.8 Å².